The van der Waals surface area contributed by atoms with E-state index in [0.717, 1.165) is 36.5 Å². The predicted octanol–water partition coefficient (Wildman–Crippen LogP) is 2.11. The molecule has 0 saturated carbocycles. The van der Waals surface area contributed by atoms with Crippen LogP contribution in [0, 0.1) is 27.2 Å². The van der Waals surface area contributed by atoms with Crippen LogP contribution in [0.4, 0.5) is 22.9 Å². The van der Waals surface area contributed by atoms with E-state index >= 15 is 0 Å². The topological polar surface area (TPSA) is 136 Å². The minimum absolute atomic E-state index is 0.0697. The van der Waals surface area contributed by atoms with Crippen LogP contribution in [0.1, 0.15) is 5.69 Å². The third-order valence-electron chi connectivity index (χ3n) is 4.84. The molecule has 154 valence electrons. The Morgan fingerprint density at radius 3 is 2.13 bits per heavy atom. The first-order valence-electron chi connectivity index (χ1n) is 9.20. The first-order chi connectivity index (χ1) is 14.4. The second kappa shape index (κ2) is 7.73. The maximum atomic E-state index is 10.9. The highest BCUT2D eigenvalue weighted by Gasteiger charge is 2.21. The molecule has 0 radical (unpaired) electrons. The fourth-order valence-corrected chi connectivity index (χ4v) is 3.30. The van der Waals surface area contributed by atoms with E-state index in [1.165, 1.54) is 23.0 Å². The number of anilines is 2. The zero-order valence-corrected chi connectivity index (χ0v) is 16.1. The van der Waals surface area contributed by atoms with E-state index in [9.17, 15) is 20.2 Å². The molecule has 0 unspecified atom stereocenters. The number of non-ortho nitro benzene ring substituents is 1. The molecule has 30 heavy (non-hydrogen) atoms. The smallest absolute Gasteiger partial charge is 0.307 e. The van der Waals surface area contributed by atoms with Crippen molar-refractivity contribution in [2.24, 2.45) is 0 Å². The molecule has 0 bridgehead atoms. The molecule has 2 aromatic heterocycles. The lowest BCUT2D eigenvalue weighted by molar-refractivity contribution is -0.385. The van der Waals surface area contributed by atoms with Gasteiger partial charge in [0.05, 0.1) is 9.85 Å². The monoisotopic (exact) mass is 410 g/mol. The van der Waals surface area contributed by atoms with Crippen molar-refractivity contribution in [2.45, 2.75) is 6.92 Å². The molecule has 1 fully saturated rings. The third kappa shape index (κ3) is 3.87. The average molecular weight is 410 g/mol. The number of benzene rings is 1. The van der Waals surface area contributed by atoms with Crippen LogP contribution in [0.3, 0.4) is 0 Å². The summed E-state index contributed by atoms with van der Waals surface area (Å²) in [4.78, 5) is 33.9. The minimum Gasteiger partial charge on any atom is -0.368 e. The summed E-state index contributed by atoms with van der Waals surface area (Å²) in [5.41, 5.74) is 1.60. The quantitative estimate of drug-likeness (QED) is 0.457. The van der Waals surface area contributed by atoms with Gasteiger partial charge in [0.25, 0.3) is 11.6 Å². The molecule has 4 rings (SSSR count). The van der Waals surface area contributed by atoms with Crippen molar-refractivity contribution in [3.05, 3.63) is 68.6 Å². The van der Waals surface area contributed by atoms with Crippen LogP contribution in [-0.2, 0) is 0 Å². The van der Waals surface area contributed by atoms with Gasteiger partial charge in [0.1, 0.15) is 18.2 Å². The van der Waals surface area contributed by atoms with Crippen molar-refractivity contribution in [3.63, 3.8) is 0 Å². The number of nitrogens with zero attached hydrogens (tertiary/aromatic N) is 8. The minimum atomic E-state index is -0.516. The van der Waals surface area contributed by atoms with E-state index in [4.69, 9.17) is 0 Å². The summed E-state index contributed by atoms with van der Waals surface area (Å²) in [5.74, 6) is 0.995. The largest absolute Gasteiger partial charge is 0.368 e. The molecular formula is C18H18N8O4. The van der Waals surface area contributed by atoms with E-state index in [0.29, 0.717) is 13.1 Å². The number of nitro groups is 2. The summed E-state index contributed by atoms with van der Waals surface area (Å²) in [5, 5.41) is 25.7. The van der Waals surface area contributed by atoms with Crippen LogP contribution in [0.15, 0.2) is 42.7 Å². The number of piperazine rings is 1. The van der Waals surface area contributed by atoms with Crippen molar-refractivity contribution in [2.75, 3.05) is 36.0 Å². The number of aromatic nitrogens is 4. The zero-order valence-electron chi connectivity index (χ0n) is 16.1. The highest BCUT2D eigenvalue weighted by Crippen LogP contribution is 2.23. The first kappa shape index (κ1) is 19.2. The van der Waals surface area contributed by atoms with Gasteiger partial charge in [-0.05, 0) is 19.1 Å². The van der Waals surface area contributed by atoms with Gasteiger partial charge < -0.3 is 9.80 Å². The maximum absolute atomic E-state index is 10.9. The highest BCUT2D eigenvalue weighted by atomic mass is 16.6. The van der Waals surface area contributed by atoms with Crippen molar-refractivity contribution >= 4 is 22.9 Å². The van der Waals surface area contributed by atoms with Crippen LogP contribution in [0.2, 0.25) is 0 Å². The fraction of sp³-hybridized carbons (Fsp3) is 0.278. The number of hydrogen-bond acceptors (Lipinski definition) is 9. The lowest BCUT2D eigenvalue weighted by Gasteiger charge is -2.36. The first-order valence-corrected chi connectivity index (χ1v) is 9.20. The number of hydrogen-bond donors (Lipinski definition) is 0. The second-order valence-corrected chi connectivity index (χ2v) is 6.82. The normalized spacial score (nSPS) is 14.0. The van der Waals surface area contributed by atoms with E-state index in [1.54, 1.807) is 12.1 Å². The van der Waals surface area contributed by atoms with Crippen LogP contribution in [0.25, 0.3) is 5.95 Å². The molecule has 1 aliphatic heterocycles. The van der Waals surface area contributed by atoms with E-state index in [-0.39, 0.29) is 17.3 Å². The summed E-state index contributed by atoms with van der Waals surface area (Å²) in [7, 11) is 0. The van der Waals surface area contributed by atoms with Crippen LogP contribution < -0.4 is 9.80 Å². The summed E-state index contributed by atoms with van der Waals surface area (Å²) < 4.78 is 1.29. The third-order valence-corrected chi connectivity index (χ3v) is 4.84. The Balaban J connectivity index is 1.48. The number of aryl methyl sites for hydroxylation is 1. The lowest BCUT2D eigenvalue weighted by atomic mass is 10.2. The Bertz CT molecular complexity index is 1090. The summed E-state index contributed by atoms with van der Waals surface area (Å²) >= 11 is 0. The Morgan fingerprint density at radius 2 is 1.53 bits per heavy atom. The Kier molecular flexibility index (Phi) is 4.96. The molecule has 0 N–H and O–H groups in total. The zero-order chi connectivity index (χ0) is 21.3. The van der Waals surface area contributed by atoms with E-state index in [1.807, 2.05) is 13.0 Å². The van der Waals surface area contributed by atoms with Gasteiger partial charge in [-0.2, -0.15) is 14.8 Å². The molecule has 0 aliphatic carbocycles. The van der Waals surface area contributed by atoms with Crippen molar-refractivity contribution in [1.29, 1.82) is 0 Å². The van der Waals surface area contributed by atoms with Gasteiger partial charge in [-0.3, -0.25) is 20.2 Å². The van der Waals surface area contributed by atoms with Crippen LogP contribution in [-0.4, -0.2) is 55.8 Å². The van der Waals surface area contributed by atoms with Gasteiger partial charge in [0.2, 0.25) is 0 Å². The van der Waals surface area contributed by atoms with Gasteiger partial charge in [0, 0.05) is 55.8 Å². The molecule has 1 aliphatic rings. The molecular weight excluding hydrogens is 392 g/mol. The van der Waals surface area contributed by atoms with Gasteiger partial charge in [-0.1, -0.05) is 0 Å². The number of nitro benzene ring substituents is 1. The van der Waals surface area contributed by atoms with Gasteiger partial charge in [-0.15, -0.1) is 0 Å². The number of rotatable bonds is 5. The fourth-order valence-electron chi connectivity index (χ4n) is 3.30. The molecule has 3 heterocycles. The second-order valence-electron chi connectivity index (χ2n) is 6.82. The van der Waals surface area contributed by atoms with Crippen LogP contribution in [0.5, 0.6) is 0 Å². The van der Waals surface area contributed by atoms with Crippen LogP contribution >= 0.6 is 0 Å². The summed E-state index contributed by atoms with van der Waals surface area (Å²) in [6.07, 6.45) is 2.44. The Hall–Kier alpha value is -4.09. The molecule has 1 saturated heterocycles. The van der Waals surface area contributed by atoms with E-state index in [2.05, 4.69) is 24.9 Å². The average Bonchev–Trinajstić information content (AvgIpc) is 3.24. The predicted molar refractivity (Wildman–Crippen MR) is 108 cm³/mol. The highest BCUT2D eigenvalue weighted by molar-refractivity contribution is 5.53. The summed E-state index contributed by atoms with van der Waals surface area (Å²) in [6.45, 7) is 4.69. The molecule has 0 spiro atoms. The van der Waals surface area contributed by atoms with Gasteiger partial charge in [-0.25, -0.2) is 4.98 Å². The molecule has 0 amide bonds. The van der Waals surface area contributed by atoms with Crippen molar-refractivity contribution in [1.82, 2.24) is 19.7 Å². The Labute approximate surface area is 170 Å². The molecule has 0 atom stereocenters. The molecule has 12 nitrogen and oxygen atoms in total. The van der Waals surface area contributed by atoms with Crippen molar-refractivity contribution in [3.8, 4) is 5.95 Å². The SMILES string of the molecule is Cc1cc(N2CCN(c3ccc([N+](=O)[O-])cc3)CC2)nc(-n2cc([N+](=O)[O-])cn2)n1. The Morgan fingerprint density at radius 1 is 0.900 bits per heavy atom. The molecule has 12 heteroatoms. The summed E-state index contributed by atoms with van der Waals surface area (Å²) in [6, 6.07) is 8.38. The standard InChI is InChI=1S/C18H18N8O4/c1-13-10-17(21-18(20-13)24-12-16(11-19-24)26(29)30)23-8-6-22(7-9-23)14-2-4-15(5-3-14)25(27)28/h2-5,10-12H,6-9H2,1H3. The molecule has 1 aromatic carbocycles. The van der Waals surface area contributed by atoms with E-state index < -0.39 is 9.85 Å². The van der Waals surface area contributed by atoms with Gasteiger partial charge >= 0.3 is 5.69 Å². The maximum Gasteiger partial charge on any atom is 0.307 e. The van der Waals surface area contributed by atoms with Crippen molar-refractivity contribution < 1.29 is 9.85 Å². The lowest BCUT2D eigenvalue weighted by Crippen LogP contribution is -2.47. The van der Waals surface area contributed by atoms with Gasteiger partial charge in [0.15, 0.2) is 0 Å². The molecule has 3 aromatic rings.